The molecule has 0 unspecified atom stereocenters. The zero-order valence-electron chi connectivity index (χ0n) is 10.2. The van der Waals surface area contributed by atoms with Gasteiger partial charge in [0.25, 0.3) is 0 Å². The lowest BCUT2D eigenvalue weighted by molar-refractivity contribution is 0.805. The summed E-state index contributed by atoms with van der Waals surface area (Å²) in [5, 5.41) is 1.33. The molecule has 0 saturated carbocycles. The van der Waals surface area contributed by atoms with Gasteiger partial charge in [0.05, 0.1) is 27.5 Å². The molecular weight excluding hydrogens is 309 g/mol. The SMILES string of the molecule is CC(C)C1=C(CCl)N(c2c(Cl)cccc2Cl)CS1. The molecule has 1 aromatic carbocycles. The minimum atomic E-state index is 0.468. The van der Waals surface area contributed by atoms with Crippen LogP contribution in [0.4, 0.5) is 5.69 Å². The molecular formula is C13H14Cl3NS. The van der Waals surface area contributed by atoms with Gasteiger partial charge in [-0.2, -0.15) is 0 Å². The molecule has 18 heavy (non-hydrogen) atoms. The second-order valence-electron chi connectivity index (χ2n) is 4.37. The standard InChI is InChI=1S/C13H14Cl3NS/c1-8(2)13-11(6-14)17(7-18-13)12-9(15)4-3-5-10(12)16/h3-5,8H,6-7H2,1-2H3. The van der Waals surface area contributed by atoms with Gasteiger partial charge in [0.1, 0.15) is 0 Å². The van der Waals surface area contributed by atoms with Crippen molar-refractivity contribution in [3.05, 3.63) is 38.8 Å². The van der Waals surface area contributed by atoms with Gasteiger partial charge in [-0.05, 0) is 18.1 Å². The van der Waals surface area contributed by atoms with Crippen LogP contribution in [-0.4, -0.2) is 11.8 Å². The zero-order valence-corrected chi connectivity index (χ0v) is 13.3. The maximum absolute atomic E-state index is 6.26. The van der Waals surface area contributed by atoms with Crippen LogP contribution in [0.1, 0.15) is 13.8 Å². The molecule has 1 aliphatic rings. The number of alkyl halides is 1. The van der Waals surface area contributed by atoms with Crippen molar-refractivity contribution < 1.29 is 0 Å². The van der Waals surface area contributed by atoms with Gasteiger partial charge in [-0.1, -0.05) is 43.1 Å². The second kappa shape index (κ2) is 5.96. The molecule has 0 N–H and O–H groups in total. The third-order valence-corrected chi connectivity index (χ3v) is 5.09. The number of anilines is 1. The summed E-state index contributed by atoms with van der Waals surface area (Å²) in [5.74, 6) is 1.76. The fourth-order valence-corrected chi connectivity index (χ4v) is 4.22. The molecule has 0 saturated heterocycles. The van der Waals surface area contributed by atoms with Gasteiger partial charge >= 0.3 is 0 Å². The van der Waals surface area contributed by atoms with Crippen LogP contribution in [0.15, 0.2) is 28.8 Å². The van der Waals surface area contributed by atoms with E-state index >= 15 is 0 Å². The quantitative estimate of drug-likeness (QED) is 0.665. The highest BCUT2D eigenvalue weighted by Gasteiger charge is 2.27. The van der Waals surface area contributed by atoms with Gasteiger partial charge in [-0.3, -0.25) is 0 Å². The lowest BCUT2D eigenvalue weighted by Gasteiger charge is -2.23. The van der Waals surface area contributed by atoms with Gasteiger partial charge < -0.3 is 4.90 Å². The minimum Gasteiger partial charge on any atom is -0.331 e. The van der Waals surface area contributed by atoms with E-state index in [1.54, 1.807) is 0 Å². The van der Waals surface area contributed by atoms with E-state index in [0.717, 1.165) is 17.3 Å². The van der Waals surface area contributed by atoms with E-state index in [-0.39, 0.29) is 0 Å². The fourth-order valence-electron chi connectivity index (χ4n) is 2.01. The van der Waals surface area contributed by atoms with Crippen molar-refractivity contribution in [2.45, 2.75) is 13.8 Å². The van der Waals surface area contributed by atoms with Crippen LogP contribution in [0.5, 0.6) is 0 Å². The molecule has 98 valence electrons. The maximum atomic E-state index is 6.26. The Balaban J connectivity index is 2.47. The lowest BCUT2D eigenvalue weighted by atomic mass is 10.1. The summed E-state index contributed by atoms with van der Waals surface area (Å²) in [6.45, 7) is 4.35. The van der Waals surface area contributed by atoms with Gasteiger partial charge in [0.15, 0.2) is 0 Å². The Morgan fingerprint density at radius 1 is 1.28 bits per heavy atom. The molecule has 1 heterocycles. The number of allylic oxidation sites excluding steroid dienone is 2. The molecule has 1 aromatic rings. The number of nitrogens with zero attached hydrogens (tertiary/aromatic N) is 1. The number of benzene rings is 1. The predicted octanol–water partition coefficient (Wildman–Crippen LogP) is 5.61. The molecule has 5 heteroatoms. The summed E-state index contributed by atoms with van der Waals surface area (Å²) in [7, 11) is 0. The maximum Gasteiger partial charge on any atom is 0.0795 e. The minimum absolute atomic E-state index is 0.468. The van der Waals surface area contributed by atoms with E-state index in [1.165, 1.54) is 4.91 Å². The lowest BCUT2D eigenvalue weighted by Crippen LogP contribution is -2.20. The highest BCUT2D eigenvalue weighted by atomic mass is 35.5. The molecule has 0 bridgehead atoms. The second-order valence-corrected chi connectivity index (χ2v) is 6.44. The summed E-state index contributed by atoms with van der Waals surface area (Å²) >= 11 is 20.4. The molecule has 0 atom stereocenters. The van der Waals surface area contributed by atoms with Gasteiger partial charge in [0, 0.05) is 10.6 Å². The first kappa shape index (κ1) is 14.4. The zero-order chi connectivity index (χ0) is 13.3. The number of hydrogen-bond acceptors (Lipinski definition) is 2. The van der Waals surface area contributed by atoms with Crippen molar-refractivity contribution in [3.8, 4) is 0 Å². The first-order valence-corrected chi connectivity index (χ1v) is 7.97. The molecule has 1 aliphatic heterocycles. The van der Waals surface area contributed by atoms with E-state index in [0.29, 0.717) is 21.8 Å². The highest BCUT2D eigenvalue weighted by Crippen LogP contribution is 2.44. The Kier molecular flexibility index (Phi) is 4.76. The molecule has 0 amide bonds. The average molecular weight is 323 g/mol. The fraction of sp³-hybridized carbons (Fsp3) is 0.385. The molecule has 0 fully saturated rings. The van der Waals surface area contributed by atoms with E-state index in [1.807, 2.05) is 30.0 Å². The predicted molar refractivity (Wildman–Crippen MR) is 84.0 cm³/mol. The van der Waals surface area contributed by atoms with Crippen LogP contribution in [0.2, 0.25) is 10.0 Å². The monoisotopic (exact) mass is 321 g/mol. The topological polar surface area (TPSA) is 3.24 Å². The smallest absolute Gasteiger partial charge is 0.0795 e. The molecule has 2 rings (SSSR count). The van der Waals surface area contributed by atoms with Crippen molar-refractivity contribution in [1.82, 2.24) is 0 Å². The summed E-state index contributed by atoms with van der Waals surface area (Å²) in [6, 6.07) is 5.56. The van der Waals surface area contributed by atoms with Crippen LogP contribution in [0.25, 0.3) is 0 Å². The number of thioether (sulfide) groups is 1. The number of hydrogen-bond donors (Lipinski definition) is 0. The first-order chi connectivity index (χ1) is 8.56. The first-order valence-electron chi connectivity index (χ1n) is 5.69. The van der Waals surface area contributed by atoms with E-state index in [4.69, 9.17) is 34.8 Å². The van der Waals surface area contributed by atoms with Crippen molar-refractivity contribution in [2.75, 3.05) is 16.7 Å². The van der Waals surface area contributed by atoms with E-state index in [9.17, 15) is 0 Å². The van der Waals surface area contributed by atoms with Crippen LogP contribution in [-0.2, 0) is 0 Å². The van der Waals surface area contributed by atoms with Gasteiger partial charge in [0.2, 0.25) is 0 Å². The summed E-state index contributed by atoms with van der Waals surface area (Å²) in [6.07, 6.45) is 0. The van der Waals surface area contributed by atoms with Crippen LogP contribution < -0.4 is 4.90 Å². The van der Waals surface area contributed by atoms with Crippen molar-refractivity contribution >= 4 is 52.3 Å². The molecule has 0 spiro atoms. The number of halogens is 3. The average Bonchev–Trinajstić information content (AvgIpc) is 2.72. The van der Waals surface area contributed by atoms with Crippen LogP contribution in [0, 0.1) is 5.92 Å². The Morgan fingerprint density at radius 3 is 2.39 bits per heavy atom. The molecule has 1 nitrogen and oxygen atoms in total. The molecule has 0 aliphatic carbocycles. The Hall–Kier alpha value is -0.0200. The highest BCUT2D eigenvalue weighted by molar-refractivity contribution is 8.03. The van der Waals surface area contributed by atoms with E-state index in [2.05, 4.69) is 18.7 Å². The van der Waals surface area contributed by atoms with Crippen molar-refractivity contribution in [2.24, 2.45) is 5.92 Å². The summed E-state index contributed by atoms with van der Waals surface area (Å²) in [4.78, 5) is 3.44. The Labute approximate surface area is 127 Å². The normalized spacial score (nSPS) is 16.0. The van der Waals surface area contributed by atoms with Gasteiger partial charge in [-0.25, -0.2) is 0 Å². The Morgan fingerprint density at radius 2 is 1.89 bits per heavy atom. The largest absolute Gasteiger partial charge is 0.331 e. The number of rotatable bonds is 3. The summed E-state index contributed by atoms with van der Waals surface area (Å²) in [5.41, 5.74) is 1.98. The van der Waals surface area contributed by atoms with Crippen LogP contribution >= 0.6 is 46.6 Å². The molecule has 0 aromatic heterocycles. The third-order valence-electron chi connectivity index (χ3n) is 2.82. The Bertz CT molecular complexity index is 465. The van der Waals surface area contributed by atoms with E-state index < -0.39 is 0 Å². The van der Waals surface area contributed by atoms with Gasteiger partial charge in [-0.15, -0.1) is 23.4 Å². The van der Waals surface area contributed by atoms with Crippen molar-refractivity contribution in [3.63, 3.8) is 0 Å². The third kappa shape index (κ3) is 2.62. The van der Waals surface area contributed by atoms with Crippen LogP contribution in [0.3, 0.4) is 0 Å². The number of para-hydroxylation sites is 1. The molecule has 0 radical (unpaired) electrons. The van der Waals surface area contributed by atoms with Crippen molar-refractivity contribution in [1.29, 1.82) is 0 Å². The summed E-state index contributed by atoms with van der Waals surface area (Å²) < 4.78 is 0.